The van der Waals surface area contributed by atoms with Crippen LogP contribution >= 0.6 is 0 Å². The second-order valence-corrected chi connectivity index (χ2v) is 5.23. The van der Waals surface area contributed by atoms with Crippen LogP contribution in [0.2, 0.25) is 0 Å². The van der Waals surface area contributed by atoms with Gasteiger partial charge in [-0.05, 0) is 56.4 Å². The molecule has 1 aromatic carbocycles. The molecule has 17 heavy (non-hydrogen) atoms. The van der Waals surface area contributed by atoms with Crippen molar-refractivity contribution < 1.29 is 4.74 Å². The molecule has 0 fully saturated rings. The van der Waals surface area contributed by atoms with Crippen LogP contribution in [0.25, 0.3) is 0 Å². The van der Waals surface area contributed by atoms with Gasteiger partial charge in [0.15, 0.2) is 0 Å². The van der Waals surface area contributed by atoms with Gasteiger partial charge in [-0.2, -0.15) is 0 Å². The first-order valence-electron chi connectivity index (χ1n) is 6.72. The van der Waals surface area contributed by atoms with Crippen molar-refractivity contribution in [2.75, 3.05) is 11.9 Å². The quantitative estimate of drug-likeness (QED) is 0.852. The Hall–Kier alpha value is -1.18. The topological polar surface area (TPSA) is 21.3 Å². The second-order valence-electron chi connectivity index (χ2n) is 5.23. The fourth-order valence-electron chi connectivity index (χ4n) is 2.51. The van der Waals surface area contributed by atoms with Crippen molar-refractivity contribution in [3.05, 3.63) is 23.8 Å². The molecule has 1 heterocycles. The summed E-state index contributed by atoms with van der Waals surface area (Å²) in [5.41, 5.74) is 2.70. The number of fused-ring (bicyclic) bond motifs is 1. The first-order chi connectivity index (χ1) is 8.19. The Morgan fingerprint density at radius 3 is 2.94 bits per heavy atom. The summed E-state index contributed by atoms with van der Waals surface area (Å²) < 4.78 is 5.75. The van der Waals surface area contributed by atoms with E-state index in [2.05, 4.69) is 44.3 Å². The maximum absolute atomic E-state index is 5.75. The van der Waals surface area contributed by atoms with Crippen LogP contribution in [0, 0.1) is 5.92 Å². The summed E-state index contributed by atoms with van der Waals surface area (Å²) in [6, 6.07) is 6.41. The zero-order valence-electron chi connectivity index (χ0n) is 11.1. The van der Waals surface area contributed by atoms with Gasteiger partial charge in [-0.25, -0.2) is 0 Å². The van der Waals surface area contributed by atoms with Crippen LogP contribution in [0.1, 0.15) is 39.2 Å². The van der Waals surface area contributed by atoms with Crippen LogP contribution in [0.5, 0.6) is 5.75 Å². The van der Waals surface area contributed by atoms with E-state index in [1.807, 2.05) is 0 Å². The number of nitrogens with one attached hydrogen (secondary N) is 1. The maximum atomic E-state index is 5.75. The largest absolute Gasteiger partial charge is 0.491 e. The van der Waals surface area contributed by atoms with Crippen molar-refractivity contribution >= 4 is 5.69 Å². The summed E-state index contributed by atoms with van der Waals surface area (Å²) in [5, 5.41) is 3.52. The maximum Gasteiger partial charge on any atom is 0.120 e. The van der Waals surface area contributed by atoms with Crippen molar-refractivity contribution in [1.82, 2.24) is 0 Å². The highest BCUT2D eigenvalue weighted by atomic mass is 16.5. The molecule has 0 aromatic heterocycles. The van der Waals surface area contributed by atoms with Crippen molar-refractivity contribution in [2.24, 2.45) is 5.92 Å². The van der Waals surface area contributed by atoms with Crippen LogP contribution in [0.4, 0.5) is 5.69 Å². The molecular formula is C15H23NO. The molecule has 2 heteroatoms. The molecule has 0 saturated heterocycles. The highest BCUT2D eigenvalue weighted by Crippen LogP contribution is 2.30. The average Bonchev–Trinajstić information content (AvgIpc) is 2.28. The van der Waals surface area contributed by atoms with E-state index in [4.69, 9.17) is 4.74 Å². The molecule has 1 unspecified atom stereocenters. The highest BCUT2D eigenvalue weighted by Gasteiger charge is 2.17. The summed E-state index contributed by atoms with van der Waals surface area (Å²) in [6.45, 7) is 7.51. The first kappa shape index (κ1) is 12.3. The minimum Gasteiger partial charge on any atom is -0.491 e. The van der Waals surface area contributed by atoms with Gasteiger partial charge in [0.1, 0.15) is 5.75 Å². The second kappa shape index (κ2) is 5.44. The van der Waals surface area contributed by atoms with Gasteiger partial charge in [-0.15, -0.1) is 0 Å². The minimum atomic E-state index is 0.246. The molecule has 0 spiro atoms. The van der Waals surface area contributed by atoms with Gasteiger partial charge in [0.25, 0.3) is 0 Å². The third kappa shape index (κ3) is 3.15. The van der Waals surface area contributed by atoms with E-state index < -0.39 is 0 Å². The lowest BCUT2D eigenvalue weighted by molar-refractivity contribution is 0.242. The molecule has 1 aliphatic rings. The molecule has 1 aromatic rings. The molecule has 94 valence electrons. The van der Waals surface area contributed by atoms with Crippen LogP contribution in [-0.4, -0.2) is 12.6 Å². The number of anilines is 1. The molecule has 0 saturated carbocycles. The summed E-state index contributed by atoms with van der Waals surface area (Å²) in [5.74, 6) is 1.78. The lowest BCUT2D eigenvalue weighted by atomic mass is 9.90. The van der Waals surface area contributed by atoms with Gasteiger partial charge in [-0.3, -0.25) is 0 Å². The Labute approximate surface area is 104 Å². The van der Waals surface area contributed by atoms with Crippen LogP contribution in [-0.2, 0) is 6.42 Å². The van der Waals surface area contributed by atoms with E-state index >= 15 is 0 Å². The lowest BCUT2D eigenvalue weighted by Gasteiger charge is -2.26. The molecule has 0 bridgehead atoms. The molecule has 2 nitrogen and oxygen atoms in total. The minimum absolute atomic E-state index is 0.246. The zero-order valence-corrected chi connectivity index (χ0v) is 11.1. The normalized spacial score (nSPS) is 18.7. The summed E-state index contributed by atoms with van der Waals surface area (Å²) >= 11 is 0. The fraction of sp³-hybridized carbons (Fsp3) is 0.600. The summed E-state index contributed by atoms with van der Waals surface area (Å²) in [4.78, 5) is 0. The van der Waals surface area contributed by atoms with Gasteiger partial charge in [0.2, 0.25) is 0 Å². The van der Waals surface area contributed by atoms with Crippen molar-refractivity contribution in [3.63, 3.8) is 0 Å². The van der Waals surface area contributed by atoms with E-state index in [1.54, 1.807) is 0 Å². The smallest absolute Gasteiger partial charge is 0.120 e. The van der Waals surface area contributed by atoms with Crippen molar-refractivity contribution in [2.45, 2.75) is 46.1 Å². The van der Waals surface area contributed by atoms with Gasteiger partial charge in [-0.1, -0.05) is 13.3 Å². The predicted octanol–water partition coefficient (Wildman–Crippen LogP) is 3.86. The lowest BCUT2D eigenvalue weighted by Crippen LogP contribution is -2.23. The Kier molecular flexibility index (Phi) is 3.93. The van der Waals surface area contributed by atoms with Gasteiger partial charge < -0.3 is 10.1 Å². The zero-order chi connectivity index (χ0) is 12.3. The van der Waals surface area contributed by atoms with Crippen molar-refractivity contribution in [3.8, 4) is 5.75 Å². The Bertz CT molecular complexity index is 373. The Morgan fingerprint density at radius 2 is 2.24 bits per heavy atom. The first-order valence-corrected chi connectivity index (χ1v) is 6.72. The number of benzene rings is 1. The highest BCUT2D eigenvalue weighted by molar-refractivity contribution is 5.56. The standard InChI is InChI=1S/C15H23NO/c1-4-5-12-8-13-9-14(17-11(2)3)6-7-15(13)16-10-12/h6-7,9,11-12,16H,4-5,8,10H2,1-3H3. The van der Waals surface area contributed by atoms with Crippen LogP contribution in [0.15, 0.2) is 18.2 Å². The fourth-order valence-corrected chi connectivity index (χ4v) is 2.51. The van der Waals surface area contributed by atoms with Crippen LogP contribution < -0.4 is 10.1 Å². The summed E-state index contributed by atoms with van der Waals surface area (Å²) in [7, 11) is 0. The monoisotopic (exact) mass is 233 g/mol. The van der Waals surface area contributed by atoms with E-state index in [0.717, 1.165) is 18.2 Å². The van der Waals surface area contributed by atoms with Gasteiger partial charge in [0, 0.05) is 12.2 Å². The van der Waals surface area contributed by atoms with E-state index in [1.165, 1.54) is 30.5 Å². The van der Waals surface area contributed by atoms with Crippen LogP contribution in [0.3, 0.4) is 0 Å². The Balaban J connectivity index is 2.11. The third-order valence-corrected chi connectivity index (χ3v) is 3.24. The number of rotatable bonds is 4. The molecule has 0 amide bonds. The number of hydrogen-bond donors (Lipinski definition) is 1. The molecule has 2 rings (SSSR count). The van der Waals surface area contributed by atoms with E-state index in [9.17, 15) is 0 Å². The molecule has 0 aliphatic carbocycles. The molecular weight excluding hydrogens is 210 g/mol. The van der Waals surface area contributed by atoms with Crippen molar-refractivity contribution in [1.29, 1.82) is 0 Å². The number of hydrogen-bond acceptors (Lipinski definition) is 2. The van der Waals surface area contributed by atoms with E-state index in [-0.39, 0.29) is 6.10 Å². The molecule has 0 radical (unpaired) electrons. The molecule has 1 atom stereocenters. The SMILES string of the molecule is CCCC1CNc2ccc(OC(C)C)cc2C1. The Morgan fingerprint density at radius 1 is 1.41 bits per heavy atom. The summed E-state index contributed by atoms with van der Waals surface area (Å²) in [6.07, 6.45) is 4.01. The number of ether oxygens (including phenoxy) is 1. The van der Waals surface area contributed by atoms with Gasteiger partial charge in [0.05, 0.1) is 6.10 Å². The average molecular weight is 233 g/mol. The molecule has 1 N–H and O–H groups in total. The van der Waals surface area contributed by atoms with E-state index in [0.29, 0.717) is 0 Å². The predicted molar refractivity (Wildman–Crippen MR) is 72.8 cm³/mol. The third-order valence-electron chi connectivity index (χ3n) is 3.24. The van der Waals surface area contributed by atoms with Gasteiger partial charge >= 0.3 is 0 Å². The molecule has 1 aliphatic heterocycles.